The van der Waals surface area contributed by atoms with Crippen LogP contribution in [0.1, 0.15) is 32.8 Å². The van der Waals surface area contributed by atoms with Crippen LogP contribution >= 0.6 is 0 Å². The van der Waals surface area contributed by atoms with Crippen LogP contribution in [-0.2, 0) is 30.5 Å². The van der Waals surface area contributed by atoms with Gasteiger partial charge in [0.25, 0.3) is 0 Å². The summed E-state index contributed by atoms with van der Waals surface area (Å²) in [6.07, 6.45) is 1.51. The van der Waals surface area contributed by atoms with Crippen molar-refractivity contribution in [3.05, 3.63) is 36.0 Å². The van der Waals surface area contributed by atoms with Crippen molar-refractivity contribution in [1.29, 1.82) is 0 Å². The third-order valence-electron chi connectivity index (χ3n) is 3.98. The quantitative estimate of drug-likeness (QED) is 0.561. The molecule has 2 aromatic rings. The summed E-state index contributed by atoms with van der Waals surface area (Å²) < 4.78 is 10.2. The highest BCUT2D eigenvalue weighted by Crippen LogP contribution is 2.21. The summed E-state index contributed by atoms with van der Waals surface area (Å²) >= 11 is 0. The largest absolute Gasteiger partial charge is 0.508 e. The van der Waals surface area contributed by atoms with E-state index in [2.05, 4.69) is 10.3 Å². The summed E-state index contributed by atoms with van der Waals surface area (Å²) in [5.74, 6) is -2.23. The molecular weight excluding hydrogens is 352 g/mol. The molecular formula is C19H22N2O6. The van der Waals surface area contributed by atoms with E-state index in [-0.39, 0.29) is 25.4 Å². The van der Waals surface area contributed by atoms with Gasteiger partial charge in [-0.25, -0.2) is 9.59 Å². The lowest BCUT2D eigenvalue weighted by molar-refractivity contribution is -0.169. The van der Waals surface area contributed by atoms with E-state index in [1.54, 1.807) is 32.0 Å². The van der Waals surface area contributed by atoms with Crippen LogP contribution in [0.25, 0.3) is 10.9 Å². The highest BCUT2D eigenvalue weighted by molar-refractivity contribution is 6.07. The Balaban J connectivity index is 2.21. The van der Waals surface area contributed by atoms with Crippen LogP contribution in [0.4, 0.5) is 0 Å². The normalized spacial score (nSPS) is 12.9. The van der Waals surface area contributed by atoms with Crippen molar-refractivity contribution >= 4 is 28.7 Å². The first-order valence-corrected chi connectivity index (χ1v) is 8.53. The molecule has 1 aromatic heterocycles. The third kappa shape index (κ3) is 4.52. The molecule has 27 heavy (non-hydrogen) atoms. The summed E-state index contributed by atoms with van der Waals surface area (Å²) in [5, 5.41) is 12.6. The van der Waals surface area contributed by atoms with E-state index in [0.717, 1.165) is 0 Å². The molecule has 2 rings (SSSR count). The van der Waals surface area contributed by atoms with Crippen LogP contribution in [0.15, 0.2) is 30.5 Å². The van der Waals surface area contributed by atoms with Gasteiger partial charge in [-0.15, -0.1) is 0 Å². The van der Waals surface area contributed by atoms with E-state index in [9.17, 15) is 19.5 Å². The van der Waals surface area contributed by atoms with Crippen LogP contribution < -0.4 is 5.32 Å². The molecule has 1 atom stereocenters. The SMILES string of the molecule is CCOC(=O)C(CC)(NC(C)=O)C(=O)OCc1cnc2ccc(O)cc2c1. The van der Waals surface area contributed by atoms with Crippen molar-refractivity contribution in [2.45, 2.75) is 39.3 Å². The number of carbonyl (C=O) groups is 3. The Bertz CT molecular complexity index is 866. The Morgan fingerprint density at radius 2 is 1.85 bits per heavy atom. The van der Waals surface area contributed by atoms with Crippen LogP contribution in [0.2, 0.25) is 0 Å². The first-order valence-electron chi connectivity index (χ1n) is 8.53. The molecule has 8 heteroatoms. The molecule has 8 nitrogen and oxygen atoms in total. The van der Waals surface area contributed by atoms with Crippen LogP contribution in [0.3, 0.4) is 0 Å². The molecule has 1 aromatic carbocycles. The number of rotatable bonds is 7. The molecule has 0 fully saturated rings. The number of hydrogen-bond acceptors (Lipinski definition) is 7. The van der Waals surface area contributed by atoms with E-state index >= 15 is 0 Å². The smallest absolute Gasteiger partial charge is 0.344 e. The molecule has 0 aliphatic rings. The monoisotopic (exact) mass is 374 g/mol. The van der Waals surface area contributed by atoms with E-state index < -0.39 is 23.4 Å². The summed E-state index contributed by atoms with van der Waals surface area (Å²) in [6.45, 7) is 4.29. The number of carbonyl (C=O) groups excluding carboxylic acids is 3. The molecule has 0 bridgehead atoms. The second-order valence-electron chi connectivity index (χ2n) is 5.96. The zero-order valence-electron chi connectivity index (χ0n) is 15.4. The van der Waals surface area contributed by atoms with E-state index in [0.29, 0.717) is 16.5 Å². The highest BCUT2D eigenvalue weighted by atomic mass is 16.6. The fraction of sp³-hybridized carbons (Fsp3) is 0.368. The molecule has 1 heterocycles. The van der Waals surface area contributed by atoms with Gasteiger partial charge in [0.05, 0.1) is 12.1 Å². The lowest BCUT2D eigenvalue weighted by Crippen LogP contribution is -2.60. The van der Waals surface area contributed by atoms with E-state index in [4.69, 9.17) is 9.47 Å². The average molecular weight is 374 g/mol. The van der Waals surface area contributed by atoms with Gasteiger partial charge in [-0.1, -0.05) is 6.92 Å². The summed E-state index contributed by atoms with van der Waals surface area (Å²) in [7, 11) is 0. The second-order valence-corrected chi connectivity index (χ2v) is 5.96. The zero-order valence-corrected chi connectivity index (χ0v) is 15.4. The molecule has 2 N–H and O–H groups in total. The van der Waals surface area contributed by atoms with Crippen LogP contribution in [-0.4, -0.2) is 40.1 Å². The first kappa shape index (κ1) is 20.2. The molecule has 0 saturated heterocycles. The molecule has 1 amide bonds. The lowest BCUT2D eigenvalue weighted by Gasteiger charge is -2.28. The van der Waals surface area contributed by atoms with Crippen molar-refractivity contribution in [3.8, 4) is 5.75 Å². The Hall–Kier alpha value is -3.16. The minimum atomic E-state index is -1.90. The standard InChI is InChI=1S/C19H22N2O6/c1-4-19(21-12(3)22,17(24)26-5-2)18(25)27-11-13-8-14-9-15(23)6-7-16(14)20-10-13/h6-10,23H,4-5,11H2,1-3H3,(H,21,22). The fourth-order valence-electron chi connectivity index (χ4n) is 2.63. The molecule has 144 valence electrons. The lowest BCUT2D eigenvalue weighted by atomic mass is 9.96. The number of amides is 1. The number of ether oxygens (including phenoxy) is 2. The Morgan fingerprint density at radius 3 is 2.48 bits per heavy atom. The van der Waals surface area contributed by atoms with Gasteiger partial charge in [0.1, 0.15) is 12.4 Å². The zero-order chi connectivity index (χ0) is 20.0. The van der Waals surface area contributed by atoms with E-state index in [1.165, 1.54) is 19.2 Å². The van der Waals surface area contributed by atoms with E-state index in [1.807, 2.05) is 0 Å². The number of nitrogens with zero attached hydrogens (tertiary/aromatic N) is 1. The molecule has 0 spiro atoms. The van der Waals surface area contributed by atoms with Gasteiger partial charge in [-0.2, -0.15) is 0 Å². The van der Waals surface area contributed by atoms with Crippen LogP contribution in [0, 0.1) is 0 Å². The Kier molecular flexibility index (Phi) is 6.33. The molecule has 0 aliphatic heterocycles. The van der Waals surface area contributed by atoms with Gasteiger partial charge >= 0.3 is 11.9 Å². The van der Waals surface area contributed by atoms with Crippen molar-refractivity contribution in [2.75, 3.05) is 6.61 Å². The molecule has 0 saturated carbocycles. The van der Waals surface area contributed by atoms with Gasteiger partial charge in [0.15, 0.2) is 0 Å². The van der Waals surface area contributed by atoms with Gasteiger partial charge in [-0.3, -0.25) is 9.78 Å². The predicted molar refractivity (Wildman–Crippen MR) is 96.7 cm³/mol. The number of nitrogens with one attached hydrogen (secondary N) is 1. The predicted octanol–water partition coefficient (Wildman–Crippen LogP) is 1.83. The first-order chi connectivity index (χ1) is 12.8. The number of benzene rings is 1. The molecule has 1 unspecified atom stereocenters. The van der Waals surface area contributed by atoms with Gasteiger partial charge in [-0.05, 0) is 37.6 Å². The number of fused-ring (bicyclic) bond motifs is 1. The number of aromatic nitrogens is 1. The average Bonchev–Trinajstić information content (AvgIpc) is 2.63. The summed E-state index contributed by atoms with van der Waals surface area (Å²) in [5.41, 5.74) is -0.654. The maximum Gasteiger partial charge on any atom is 0.344 e. The van der Waals surface area contributed by atoms with Gasteiger partial charge in [0.2, 0.25) is 11.4 Å². The van der Waals surface area contributed by atoms with Crippen molar-refractivity contribution < 1.29 is 29.0 Å². The fourth-order valence-corrected chi connectivity index (χ4v) is 2.63. The summed E-state index contributed by atoms with van der Waals surface area (Å²) in [6, 6.07) is 6.45. The van der Waals surface area contributed by atoms with Crippen molar-refractivity contribution in [1.82, 2.24) is 10.3 Å². The second kappa shape index (κ2) is 8.48. The van der Waals surface area contributed by atoms with Crippen molar-refractivity contribution in [3.63, 3.8) is 0 Å². The number of esters is 2. The highest BCUT2D eigenvalue weighted by Gasteiger charge is 2.48. The number of hydrogen-bond donors (Lipinski definition) is 2. The maximum atomic E-state index is 12.6. The Labute approximate surface area is 156 Å². The maximum absolute atomic E-state index is 12.6. The summed E-state index contributed by atoms with van der Waals surface area (Å²) in [4.78, 5) is 40.7. The minimum Gasteiger partial charge on any atom is -0.508 e. The minimum absolute atomic E-state index is 0.0198. The third-order valence-corrected chi connectivity index (χ3v) is 3.98. The Morgan fingerprint density at radius 1 is 1.15 bits per heavy atom. The topological polar surface area (TPSA) is 115 Å². The van der Waals surface area contributed by atoms with Gasteiger partial charge in [0, 0.05) is 24.1 Å². The number of phenols is 1. The van der Waals surface area contributed by atoms with Crippen LogP contribution in [0.5, 0.6) is 5.75 Å². The molecule has 0 radical (unpaired) electrons. The molecule has 0 aliphatic carbocycles. The van der Waals surface area contributed by atoms with Gasteiger partial charge < -0.3 is 19.9 Å². The number of pyridine rings is 1. The van der Waals surface area contributed by atoms with Crippen molar-refractivity contribution in [2.24, 2.45) is 0 Å². The number of aromatic hydroxyl groups is 1. The number of phenolic OH excluding ortho intramolecular Hbond substituents is 1.